The van der Waals surface area contributed by atoms with Crippen LogP contribution in [0.25, 0.3) is 0 Å². The van der Waals surface area contributed by atoms with Crippen LogP contribution in [-0.2, 0) is 10.0 Å². The topological polar surface area (TPSA) is 55.4 Å². The standard InChI is InChI=1S/C11H16ClNO3S/c1-9-4-5-10(12)11(8-9)16-7-3-6-13-17(2,14)15/h4-5,8,13H,3,6-7H2,1-2H3. The third-order valence-corrected chi connectivity index (χ3v) is 3.07. The summed E-state index contributed by atoms with van der Waals surface area (Å²) in [5.74, 6) is 0.631. The van der Waals surface area contributed by atoms with E-state index in [0.717, 1.165) is 11.8 Å². The zero-order valence-electron chi connectivity index (χ0n) is 9.86. The maximum absolute atomic E-state index is 10.8. The van der Waals surface area contributed by atoms with Crippen molar-refractivity contribution in [1.82, 2.24) is 4.72 Å². The molecule has 0 saturated carbocycles. The Hall–Kier alpha value is -0.780. The number of halogens is 1. The molecule has 0 aliphatic rings. The summed E-state index contributed by atoms with van der Waals surface area (Å²) in [4.78, 5) is 0. The fraction of sp³-hybridized carbons (Fsp3) is 0.455. The predicted octanol–water partition coefficient (Wildman–Crippen LogP) is 1.97. The van der Waals surface area contributed by atoms with Crippen molar-refractivity contribution in [2.24, 2.45) is 0 Å². The maximum Gasteiger partial charge on any atom is 0.208 e. The molecule has 0 bridgehead atoms. The van der Waals surface area contributed by atoms with Crippen LogP contribution in [0.4, 0.5) is 0 Å². The molecule has 0 spiro atoms. The minimum absolute atomic E-state index is 0.363. The first kappa shape index (κ1) is 14.3. The molecule has 1 rings (SSSR count). The SMILES string of the molecule is Cc1ccc(Cl)c(OCCCNS(C)(=O)=O)c1. The first-order valence-corrected chi connectivity index (χ1v) is 7.49. The molecule has 0 amide bonds. The highest BCUT2D eigenvalue weighted by atomic mass is 35.5. The zero-order valence-corrected chi connectivity index (χ0v) is 11.4. The Morgan fingerprint density at radius 1 is 1.41 bits per heavy atom. The fourth-order valence-corrected chi connectivity index (χ4v) is 1.92. The quantitative estimate of drug-likeness (QED) is 0.809. The van der Waals surface area contributed by atoms with Gasteiger partial charge in [0.25, 0.3) is 0 Å². The first-order chi connectivity index (χ1) is 7.88. The summed E-state index contributed by atoms with van der Waals surface area (Å²) in [6, 6.07) is 5.54. The molecule has 0 saturated heterocycles. The number of sulfonamides is 1. The minimum atomic E-state index is -3.12. The van der Waals surface area contributed by atoms with Gasteiger partial charge in [-0.05, 0) is 31.0 Å². The van der Waals surface area contributed by atoms with E-state index < -0.39 is 10.0 Å². The second-order valence-corrected chi connectivity index (χ2v) is 6.04. The molecule has 0 radical (unpaired) electrons. The van der Waals surface area contributed by atoms with Gasteiger partial charge < -0.3 is 4.74 Å². The molecule has 0 fully saturated rings. The van der Waals surface area contributed by atoms with Gasteiger partial charge >= 0.3 is 0 Å². The largest absolute Gasteiger partial charge is 0.492 e. The number of benzene rings is 1. The van der Waals surface area contributed by atoms with E-state index in [2.05, 4.69) is 4.72 Å². The summed E-state index contributed by atoms with van der Waals surface area (Å²) < 4.78 is 29.4. The Labute approximate surface area is 107 Å². The van der Waals surface area contributed by atoms with E-state index in [1.54, 1.807) is 6.07 Å². The van der Waals surface area contributed by atoms with Crippen LogP contribution in [0.2, 0.25) is 5.02 Å². The number of aryl methyl sites for hydroxylation is 1. The first-order valence-electron chi connectivity index (χ1n) is 5.22. The van der Waals surface area contributed by atoms with E-state index in [1.807, 2.05) is 19.1 Å². The summed E-state index contributed by atoms with van der Waals surface area (Å²) in [6.45, 7) is 2.74. The average molecular weight is 278 g/mol. The lowest BCUT2D eigenvalue weighted by molar-refractivity contribution is 0.311. The fourth-order valence-electron chi connectivity index (χ4n) is 1.23. The van der Waals surface area contributed by atoms with Crippen LogP contribution in [0.1, 0.15) is 12.0 Å². The van der Waals surface area contributed by atoms with Crippen LogP contribution in [-0.4, -0.2) is 27.8 Å². The number of rotatable bonds is 6. The van der Waals surface area contributed by atoms with Crippen molar-refractivity contribution in [2.45, 2.75) is 13.3 Å². The van der Waals surface area contributed by atoms with Crippen LogP contribution in [0.15, 0.2) is 18.2 Å². The Balaban J connectivity index is 2.34. The van der Waals surface area contributed by atoms with Gasteiger partial charge in [0.05, 0.1) is 17.9 Å². The smallest absolute Gasteiger partial charge is 0.208 e. The molecule has 0 atom stereocenters. The number of hydrogen-bond acceptors (Lipinski definition) is 3. The van der Waals surface area contributed by atoms with Gasteiger partial charge in [0, 0.05) is 6.54 Å². The van der Waals surface area contributed by atoms with Gasteiger partial charge in [-0.3, -0.25) is 0 Å². The van der Waals surface area contributed by atoms with Crippen molar-refractivity contribution >= 4 is 21.6 Å². The van der Waals surface area contributed by atoms with Gasteiger partial charge in [0.1, 0.15) is 5.75 Å². The van der Waals surface area contributed by atoms with Crippen LogP contribution < -0.4 is 9.46 Å². The second kappa shape index (κ2) is 6.23. The molecular formula is C11H16ClNO3S. The van der Waals surface area contributed by atoms with Gasteiger partial charge in [-0.15, -0.1) is 0 Å². The van der Waals surface area contributed by atoms with Gasteiger partial charge in [-0.1, -0.05) is 17.7 Å². The number of ether oxygens (including phenoxy) is 1. The van der Waals surface area contributed by atoms with Crippen molar-refractivity contribution in [1.29, 1.82) is 0 Å². The highest BCUT2D eigenvalue weighted by Crippen LogP contribution is 2.25. The molecule has 96 valence electrons. The third-order valence-electron chi connectivity index (χ3n) is 2.03. The van der Waals surface area contributed by atoms with Crippen LogP contribution in [0.5, 0.6) is 5.75 Å². The van der Waals surface area contributed by atoms with E-state index in [4.69, 9.17) is 16.3 Å². The lowest BCUT2D eigenvalue weighted by atomic mass is 10.2. The summed E-state index contributed by atoms with van der Waals surface area (Å²) in [7, 11) is -3.12. The van der Waals surface area contributed by atoms with Gasteiger partial charge in [-0.25, -0.2) is 13.1 Å². The molecule has 0 aliphatic heterocycles. The summed E-state index contributed by atoms with van der Waals surface area (Å²) in [5.41, 5.74) is 1.07. The van der Waals surface area contributed by atoms with Crippen molar-refractivity contribution in [3.63, 3.8) is 0 Å². The summed E-state index contributed by atoms with van der Waals surface area (Å²) in [6.07, 6.45) is 1.72. The summed E-state index contributed by atoms with van der Waals surface area (Å²) in [5, 5.41) is 0.562. The monoisotopic (exact) mass is 277 g/mol. The van der Waals surface area contributed by atoms with Gasteiger partial charge in [0.15, 0.2) is 0 Å². The van der Waals surface area contributed by atoms with Crippen molar-refractivity contribution in [3.8, 4) is 5.75 Å². The molecule has 0 unspecified atom stereocenters. The van der Waals surface area contributed by atoms with Crippen LogP contribution >= 0.6 is 11.6 Å². The Bertz CT molecular complexity index is 474. The molecule has 6 heteroatoms. The van der Waals surface area contributed by atoms with Crippen LogP contribution in [0.3, 0.4) is 0 Å². The number of nitrogens with one attached hydrogen (secondary N) is 1. The molecular weight excluding hydrogens is 262 g/mol. The molecule has 0 aliphatic carbocycles. The summed E-state index contributed by atoms with van der Waals surface area (Å²) >= 11 is 5.95. The van der Waals surface area contributed by atoms with Crippen molar-refractivity contribution < 1.29 is 13.2 Å². The molecule has 0 heterocycles. The highest BCUT2D eigenvalue weighted by Gasteiger charge is 2.02. The molecule has 1 aromatic rings. The van der Waals surface area contributed by atoms with Crippen LogP contribution in [0, 0.1) is 6.92 Å². The maximum atomic E-state index is 10.8. The van der Waals surface area contributed by atoms with E-state index in [9.17, 15) is 8.42 Å². The second-order valence-electron chi connectivity index (χ2n) is 3.80. The third kappa shape index (κ3) is 5.91. The Morgan fingerprint density at radius 2 is 2.12 bits per heavy atom. The Morgan fingerprint density at radius 3 is 2.76 bits per heavy atom. The van der Waals surface area contributed by atoms with Gasteiger partial charge in [-0.2, -0.15) is 0 Å². The van der Waals surface area contributed by atoms with E-state index in [-0.39, 0.29) is 0 Å². The lowest BCUT2D eigenvalue weighted by Crippen LogP contribution is -2.24. The average Bonchev–Trinajstić information content (AvgIpc) is 2.21. The molecule has 1 aromatic carbocycles. The lowest BCUT2D eigenvalue weighted by Gasteiger charge is -2.08. The predicted molar refractivity (Wildman–Crippen MR) is 69.1 cm³/mol. The van der Waals surface area contributed by atoms with Gasteiger partial charge in [0.2, 0.25) is 10.0 Å². The van der Waals surface area contributed by atoms with E-state index in [0.29, 0.717) is 30.3 Å². The molecule has 1 N–H and O–H groups in total. The number of hydrogen-bond donors (Lipinski definition) is 1. The van der Waals surface area contributed by atoms with Crippen molar-refractivity contribution in [3.05, 3.63) is 28.8 Å². The molecule has 4 nitrogen and oxygen atoms in total. The highest BCUT2D eigenvalue weighted by molar-refractivity contribution is 7.88. The zero-order chi connectivity index (χ0) is 12.9. The molecule has 0 aromatic heterocycles. The van der Waals surface area contributed by atoms with Crippen molar-refractivity contribution in [2.75, 3.05) is 19.4 Å². The Kier molecular flexibility index (Phi) is 5.24. The minimum Gasteiger partial charge on any atom is -0.492 e. The van der Waals surface area contributed by atoms with E-state index >= 15 is 0 Å². The molecule has 17 heavy (non-hydrogen) atoms. The normalized spacial score (nSPS) is 11.5. The van der Waals surface area contributed by atoms with E-state index in [1.165, 1.54) is 0 Å².